The standard InChI is InChI=1S/C12H15F2NO/c1-9(5-4-8-15)10-6-2-3-7-11(10)16-12(13)14/h2-3,5-7,12H,4,8,15H2,1H3. The van der Waals surface area contributed by atoms with Gasteiger partial charge in [-0.2, -0.15) is 8.78 Å². The van der Waals surface area contributed by atoms with Crippen LogP contribution in [0.15, 0.2) is 30.3 Å². The molecular formula is C12H15F2NO. The summed E-state index contributed by atoms with van der Waals surface area (Å²) in [5, 5.41) is 0. The summed E-state index contributed by atoms with van der Waals surface area (Å²) in [6, 6.07) is 6.73. The summed E-state index contributed by atoms with van der Waals surface area (Å²) in [6.07, 6.45) is 2.63. The van der Waals surface area contributed by atoms with Crippen molar-refractivity contribution in [3.63, 3.8) is 0 Å². The SMILES string of the molecule is CC(=CCCN)c1ccccc1OC(F)F. The maximum Gasteiger partial charge on any atom is 0.387 e. The predicted octanol–water partition coefficient (Wildman–Crippen LogP) is 3.04. The third kappa shape index (κ3) is 3.62. The number of hydrogen-bond acceptors (Lipinski definition) is 2. The number of allylic oxidation sites excluding steroid dienone is 1. The van der Waals surface area contributed by atoms with E-state index in [1.807, 2.05) is 13.0 Å². The molecular weight excluding hydrogens is 212 g/mol. The monoisotopic (exact) mass is 227 g/mol. The number of rotatable bonds is 5. The van der Waals surface area contributed by atoms with E-state index in [0.29, 0.717) is 12.1 Å². The lowest BCUT2D eigenvalue weighted by Crippen LogP contribution is -2.04. The lowest BCUT2D eigenvalue weighted by Gasteiger charge is -2.10. The summed E-state index contributed by atoms with van der Waals surface area (Å²) in [5.41, 5.74) is 6.95. The quantitative estimate of drug-likeness (QED) is 0.839. The van der Waals surface area contributed by atoms with Crippen molar-refractivity contribution in [1.82, 2.24) is 0 Å². The fraction of sp³-hybridized carbons (Fsp3) is 0.333. The van der Waals surface area contributed by atoms with E-state index in [2.05, 4.69) is 4.74 Å². The van der Waals surface area contributed by atoms with Gasteiger partial charge in [-0.15, -0.1) is 0 Å². The van der Waals surface area contributed by atoms with Crippen LogP contribution in [0.4, 0.5) is 8.78 Å². The molecule has 0 aromatic heterocycles. The van der Waals surface area contributed by atoms with Gasteiger partial charge in [0.1, 0.15) is 5.75 Å². The van der Waals surface area contributed by atoms with Crippen molar-refractivity contribution in [2.24, 2.45) is 5.73 Å². The molecule has 0 spiro atoms. The van der Waals surface area contributed by atoms with Gasteiger partial charge in [0.25, 0.3) is 0 Å². The molecule has 0 fully saturated rings. The first-order valence-corrected chi connectivity index (χ1v) is 5.06. The minimum absolute atomic E-state index is 0.197. The topological polar surface area (TPSA) is 35.2 Å². The van der Waals surface area contributed by atoms with Crippen molar-refractivity contribution in [1.29, 1.82) is 0 Å². The van der Waals surface area contributed by atoms with Gasteiger partial charge in [0.15, 0.2) is 0 Å². The van der Waals surface area contributed by atoms with Crippen molar-refractivity contribution in [3.05, 3.63) is 35.9 Å². The van der Waals surface area contributed by atoms with E-state index < -0.39 is 6.61 Å². The van der Waals surface area contributed by atoms with Crippen LogP contribution < -0.4 is 10.5 Å². The molecule has 0 radical (unpaired) electrons. The Labute approximate surface area is 93.7 Å². The van der Waals surface area contributed by atoms with Crippen molar-refractivity contribution >= 4 is 5.57 Å². The van der Waals surface area contributed by atoms with Crippen LogP contribution in [0.1, 0.15) is 18.9 Å². The second-order valence-corrected chi connectivity index (χ2v) is 3.34. The van der Waals surface area contributed by atoms with E-state index >= 15 is 0 Å². The molecule has 88 valence electrons. The van der Waals surface area contributed by atoms with Crippen LogP contribution in [0.2, 0.25) is 0 Å². The molecule has 0 aliphatic carbocycles. The number of hydrogen-bond donors (Lipinski definition) is 1. The zero-order valence-electron chi connectivity index (χ0n) is 9.12. The molecule has 0 aliphatic rings. The van der Waals surface area contributed by atoms with Gasteiger partial charge in [-0.25, -0.2) is 0 Å². The normalized spacial score (nSPS) is 11.9. The van der Waals surface area contributed by atoms with Gasteiger partial charge >= 0.3 is 6.61 Å². The lowest BCUT2D eigenvalue weighted by molar-refractivity contribution is -0.0500. The smallest absolute Gasteiger partial charge is 0.387 e. The van der Waals surface area contributed by atoms with Crippen molar-refractivity contribution < 1.29 is 13.5 Å². The van der Waals surface area contributed by atoms with Gasteiger partial charge in [-0.1, -0.05) is 24.3 Å². The Kier molecular flexibility index (Phi) is 4.92. The molecule has 0 aliphatic heterocycles. The molecule has 0 amide bonds. The van der Waals surface area contributed by atoms with Gasteiger partial charge in [0.2, 0.25) is 0 Å². The zero-order chi connectivity index (χ0) is 12.0. The van der Waals surface area contributed by atoms with Crippen LogP contribution in [-0.2, 0) is 0 Å². The second kappa shape index (κ2) is 6.23. The van der Waals surface area contributed by atoms with Crippen LogP contribution in [0.5, 0.6) is 5.75 Å². The molecule has 1 aromatic rings. The van der Waals surface area contributed by atoms with E-state index in [4.69, 9.17) is 5.73 Å². The van der Waals surface area contributed by atoms with Crippen LogP contribution >= 0.6 is 0 Å². The molecule has 0 heterocycles. The number of halogens is 2. The molecule has 0 saturated heterocycles. The molecule has 1 rings (SSSR count). The van der Waals surface area contributed by atoms with Crippen LogP contribution in [0.25, 0.3) is 5.57 Å². The molecule has 2 N–H and O–H groups in total. The van der Waals surface area contributed by atoms with Gasteiger partial charge in [0.05, 0.1) is 0 Å². The first kappa shape index (κ1) is 12.6. The first-order chi connectivity index (χ1) is 7.65. The Morgan fingerprint density at radius 3 is 2.75 bits per heavy atom. The molecule has 16 heavy (non-hydrogen) atoms. The van der Waals surface area contributed by atoms with E-state index in [1.165, 1.54) is 6.07 Å². The third-order valence-electron chi connectivity index (χ3n) is 2.15. The van der Waals surface area contributed by atoms with Crippen LogP contribution in [0, 0.1) is 0 Å². The van der Waals surface area contributed by atoms with Crippen LogP contribution in [-0.4, -0.2) is 13.2 Å². The van der Waals surface area contributed by atoms with Gasteiger partial charge in [-0.05, 0) is 31.5 Å². The highest BCUT2D eigenvalue weighted by atomic mass is 19.3. The van der Waals surface area contributed by atoms with Crippen molar-refractivity contribution in [2.75, 3.05) is 6.54 Å². The van der Waals surface area contributed by atoms with Gasteiger partial charge in [0, 0.05) is 5.56 Å². The minimum Gasteiger partial charge on any atom is -0.434 e. The molecule has 4 heteroatoms. The van der Waals surface area contributed by atoms with E-state index in [0.717, 1.165) is 12.0 Å². The van der Waals surface area contributed by atoms with E-state index in [-0.39, 0.29) is 5.75 Å². The zero-order valence-corrected chi connectivity index (χ0v) is 9.12. The Morgan fingerprint density at radius 1 is 1.44 bits per heavy atom. The van der Waals surface area contributed by atoms with Crippen molar-refractivity contribution in [2.45, 2.75) is 20.0 Å². The number of nitrogens with two attached hydrogens (primary N) is 1. The average molecular weight is 227 g/mol. The maximum absolute atomic E-state index is 12.2. The summed E-state index contributed by atoms with van der Waals surface area (Å²) in [4.78, 5) is 0. The first-order valence-electron chi connectivity index (χ1n) is 5.06. The molecule has 1 aromatic carbocycles. The number of para-hydroxylation sites is 1. The Hall–Kier alpha value is -1.42. The van der Waals surface area contributed by atoms with E-state index in [1.54, 1.807) is 18.2 Å². The van der Waals surface area contributed by atoms with Gasteiger partial charge < -0.3 is 10.5 Å². The molecule has 0 unspecified atom stereocenters. The minimum atomic E-state index is -2.80. The fourth-order valence-corrected chi connectivity index (χ4v) is 1.40. The average Bonchev–Trinajstić information content (AvgIpc) is 2.26. The van der Waals surface area contributed by atoms with E-state index in [9.17, 15) is 8.78 Å². The summed E-state index contributed by atoms with van der Waals surface area (Å²) in [7, 11) is 0. The Morgan fingerprint density at radius 2 is 2.12 bits per heavy atom. The lowest BCUT2D eigenvalue weighted by atomic mass is 10.1. The summed E-state index contributed by atoms with van der Waals surface area (Å²) < 4.78 is 28.7. The van der Waals surface area contributed by atoms with Gasteiger partial charge in [-0.3, -0.25) is 0 Å². The number of ether oxygens (including phenoxy) is 1. The summed E-state index contributed by atoms with van der Waals surface area (Å²) in [5.74, 6) is 0.197. The molecule has 0 saturated carbocycles. The summed E-state index contributed by atoms with van der Waals surface area (Å²) >= 11 is 0. The highest BCUT2D eigenvalue weighted by Gasteiger charge is 2.09. The largest absolute Gasteiger partial charge is 0.434 e. The fourth-order valence-electron chi connectivity index (χ4n) is 1.40. The maximum atomic E-state index is 12.2. The second-order valence-electron chi connectivity index (χ2n) is 3.34. The number of benzene rings is 1. The van der Waals surface area contributed by atoms with Crippen LogP contribution in [0.3, 0.4) is 0 Å². The van der Waals surface area contributed by atoms with Crippen molar-refractivity contribution in [3.8, 4) is 5.75 Å². The molecule has 0 bridgehead atoms. The highest BCUT2D eigenvalue weighted by molar-refractivity contribution is 5.68. The molecule has 2 nitrogen and oxygen atoms in total. The molecule has 0 atom stereocenters. The Bertz CT molecular complexity index is 364. The highest BCUT2D eigenvalue weighted by Crippen LogP contribution is 2.27. The predicted molar refractivity (Wildman–Crippen MR) is 60.4 cm³/mol. The summed E-state index contributed by atoms with van der Waals surface area (Å²) in [6.45, 7) is -0.415. The third-order valence-corrected chi connectivity index (χ3v) is 2.15. The Balaban J connectivity index is 2.93. The number of alkyl halides is 2.